The maximum atomic E-state index is 10.4. The normalized spacial score (nSPS) is 8.89. The molecular weight excluding hydrogens is 232 g/mol. The predicted octanol–water partition coefficient (Wildman–Crippen LogP) is 0.361. The third-order valence-corrected chi connectivity index (χ3v) is 1.88. The minimum atomic E-state index is -0.490. The summed E-state index contributed by atoms with van der Waals surface area (Å²) in [4.78, 5) is 28.2. The first kappa shape index (κ1) is 13.3. The molecule has 0 spiro atoms. The zero-order chi connectivity index (χ0) is 13.4. The summed E-state index contributed by atoms with van der Waals surface area (Å²) in [6.07, 6.45) is 4.58. The maximum absolute atomic E-state index is 10.4. The first-order valence-electron chi connectivity index (χ1n) is 5.02. The molecule has 0 saturated heterocycles. The van der Waals surface area contributed by atoms with Gasteiger partial charge in [-0.25, -0.2) is 0 Å². The molecule has 2 aromatic heterocycles. The SMILES string of the molecule is NC(=O)c1ccccn1.NC(=O)c1ccncc1. The van der Waals surface area contributed by atoms with Crippen molar-refractivity contribution in [1.29, 1.82) is 0 Å². The van der Waals surface area contributed by atoms with Crippen molar-refractivity contribution in [2.75, 3.05) is 0 Å². The molecule has 6 nitrogen and oxygen atoms in total. The van der Waals surface area contributed by atoms with Gasteiger partial charge in [-0.05, 0) is 24.3 Å². The molecule has 2 rings (SSSR count). The Labute approximate surface area is 104 Å². The van der Waals surface area contributed by atoms with Gasteiger partial charge in [-0.1, -0.05) is 6.07 Å². The average molecular weight is 244 g/mol. The van der Waals surface area contributed by atoms with Gasteiger partial charge in [0.05, 0.1) is 0 Å². The number of rotatable bonds is 2. The minimum absolute atomic E-state index is 0.303. The van der Waals surface area contributed by atoms with E-state index in [-0.39, 0.29) is 0 Å². The number of nitrogens with zero attached hydrogens (tertiary/aromatic N) is 2. The lowest BCUT2D eigenvalue weighted by atomic mass is 10.3. The summed E-state index contributed by atoms with van der Waals surface area (Å²) in [6.45, 7) is 0. The van der Waals surface area contributed by atoms with E-state index in [1.165, 1.54) is 18.6 Å². The molecule has 4 N–H and O–H groups in total. The Hall–Kier alpha value is -2.76. The first-order valence-corrected chi connectivity index (χ1v) is 5.02. The number of amides is 2. The van der Waals surface area contributed by atoms with Crippen molar-refractivity contribution in [3.05, 3.63) is 60.2 Å². The largest absolute Gasteiger partial charge is 0.366 e. The fraction of sp³-hybridized carbons (Fsp3) is 0. The van der Waals surface area contributed by atoms with Gasteiger partial charge in [0.25, 0.3) is 5.91 Å². The summed E-state index contributed by atoms with van der Waals surface area (Å²) in [7, 11) is 0. The molecule has 0 radical (unpaired) electrons. The van der Waals surface area contributed by atoms with E-state index in [9.17, 15) is 9.59 Å². The van der Waals surface area contributed by atoms with Crippen molar-refractivity contribution in [3.8, 4) is 0 Å². The van der Waals surface area contributed by atoms with Crippen LogP contribution in [-0.4, -0.2) is 21.8 Å². The molecule has 0 aliphatic rings. The van der Waals surface area contributed by atoms with Crippen LogP contribution in [0.15, 0.2) is 48.9 Å². The minimum Gasteiger partial charge on any atom is -0.366 e. The molecule has 2 heterocycles. The van der Waals surface area contributed by atoms with Gasteiger partial charge in [-0.3, -0.25) is 19.6 Å². The first-order chi connectivity index (χ1) is 8.61. The lowest BCUT2D eigenvalue weighted by molar-refractivity contribution is 0.0989. The van der Waals surface area contributed by atoms with Crippen molar-refractivity contribution in [2.24, 2.45) is 11.5 Å². The van der Waals surface area contributed by atoms with E-state index >= 15 is 0 Å². The van der Waals surface area contributed by atoms with Crippen molar-refractivity contribution in [3.63, 3.8) is 0 Å². The van der Waals surface area contributed by atoms with Gasteiger partial charge in [-0.2, -0.15) is 0 Å². The monoisotopic (exact) mass is 244 g/mol. The van der Waals surface area contributed by atoms with Crippen LogP contribution in [0.4, 0.5) is 0 Å². The van der Waals surface area contributed by atoms with E-state index in [4.69, 9.17) is 11.5 Å². The summed E-state index contributed by atoms with van der Waals surface area (Å²) in [5, 5.41) is 0. The van der Waals surface area contributed by atoms with Gasteiger partial charge in [0, 0.05) is 24.2 Å². The smallest absolute Gasteiger partial charge is 0.267 e. The van der Waals surface area contributed by atoms with Crippen molar-refractivity contribution < 1.29 is 9.59 Å². The van der Waals surface area contributed by atoms with Crippen LogP contribution in [0.5, 0.6) is 0 Å². The molecule has 0 aliphatic heterocycles. The van der Waals surface area contributed by atoms with E-state index in [0.29, 0.717) is 11.3 Å². The molecule has 2 aromatic rings. The molecule has 0 bridgehead atoms. The van der Waals surface area contributed by atoms with E-state index in [2.05, 4.69) is 9.97 Å². The number of aromatic nitrogens is 2. The van der Waals surface area contributed by atoms with Gasteiger partial charge >= 0.3 is 0 Å². The molecule has 0 saturated carbocycles. The van der Waals surface area contributed by atoms with Gasteiger partial charge in [0.15, 0.2) is 0 Å². The van der Waals surface area contributed by atoms with E-state index in [1.54, 1.807) is 30.3 Å². The quantitative estimate of drug-likeness (QED) is 0.794. The molecule has 6 heteroatoms. The number of hydrogen-bond acceptors (Lipinski definition) is 4. The standard InChI is InChI=1S/2C6H6N2O/c7-6(9)5-1-3-8-4-2-5;7-6(9)5-3-1-2-4-8-5/h2*1-4H,(H2,7,9). The zero-order valence-electron chi connectivity index (χ0n) is 9.48. The number of nitrogens with two attached hydrogens (primary N) is 2. The number of hydrogen-bond donors (Lipinski definition) is 2. The molecule has 18 heavy (non-hydrogen) atoms. The second-order valence-corrected chi connectivity index (χ2v) is 3.18. The molecule has 0 aliphatic carbocycles. The van der Waals surface area contributed by atoms with Crippen LogP contribution in [0.25, 0.3) is 0 Å². The Morgan fingerprint density at radius 1 is 0.889 bits per heavy atom. The van der Waals surface area contributed by atoms with Gasteiger partial charge in [0.1, 0.15) is 5.69 Å². The van der Waals surface area contributed by atoms with Crippen LogP contribution >= 0.6 is 0 Å². The molecule has 0 atom stereocenters. The van der Waals surface area contributed by atoms with E-state index < -0.39 is 11.8 Å². The van der Waals surface area contributed by atoms with Crippen molar-refractivity contribution >= 4 is 11.8 Å². The van der Waals surface area contributed by atoms with Crippen molar-refractivity contribution in [2.45, 2.75) is 0 Å². The zero-order valence-corrected chi connectivity index (χ0v) is 9.48. The molecule has 2 amide bonds. The second kappa shape index (κ2) is 6.74. The Morgan fingerprint density at radius 3 is 1.89 bits per heavy atom. The lowest BCUT2D eigenvalue weighted by Gasteiger charge is -1.88. The van der Waals surface area contributed by atoms with Crippen LogP contribution in [0.1, 0.15) is 20.8 Å². The van der Waals surface area contributed by atoms with Gasteiger partial charge in [0.2, 0.25) is 5.91 Å². The molecule has 0 unspecified atom stereocenters. The molecular formula is C12H12N4O2. The van der Waals surface area contributed by atoms with Crippen LogP contribution in [0, 0.1) is 0 Å². The van der Waals surface area contributed by atoms with Crippen LogP contribution in [0.3, 0.4) is 0 Å². The van der Waals surface area contributed by atoms with E-state index in [0.717, 1.165) is 0 Å². The highest BCUT2D eigenvalue weighted by Crippen LogP contribution is 1.92. The Kier molecular flexibility index (Phi) is 4.98. The van der Waals surface area contributed by atoms with Gasteiger partial charge < -0.3 is 11.5 Å². The van der Waals surface area contributed by atoms with Crippen LogP contribution in [-0.2, 0) is 0 Å². The second-order valence-electron chi connectivity index (χ2n) is 3.18. The molecule has 92 valence electrons. The highest BCUT2D eigenvalue weighted by atomic mass is 16.1. The van der Waals surface area contributed by atoms with Crippen LogP contribution in [0.2, 0.25) is 0 Å². The molecule has 0 aromatic carbocycles. The summed E-state index contributed by atoms with van der Waals surface area (Å²) >= 11 is 0. The van der Waals surface area contributed by atoms with Crippen molar-refractivity contribution in [1.82, 2.24) is 9.97 Å². The Bertz CT molecular complexity index is 465. The van der Waals surface area contributed by atoms with Gasteiger partial charge in [-0.15, -0.1) is 0 Å². The van der Waals surface area contributed by atoms with E-state index in [1.807, 2.05) is 0 Å². The lowest BCUT2D eigenvalue weighted by Crippen LogP contribution is -2.12. The summed E-state index contributed by atoms with van der Waals surface area (Å²) < 4.78 is 0. The number of primary amides is 2. The fourth-order valence-electron chi connectivity index (χ4n) is 1.02. The average Bonchev–Trinajstić information content (AvgIpc) is 2.41. The summed E-state index contributed by atoms with van der Waals surface area (Å²) in [5.74, 6) is -0.909. The topological polar surface area (TPSA) is 112 Å². The number of pyridine rings is 2. The number of carbonyl (C=O) groups is 2. The fourth-order valence-corrected chi connectivity index (χ4v) is 1.02. The summed E-state index contributed by atoms with van der Waals surface area (Å²) in [5.41, 5.74) is 10.7. The summed E-state index contributed by atoms with van der Waals surface area (Å²) in [6, 6.07) is 8.16. The third kappa shape index (κ3) is 4.40. The maximum Gasteiger partial charge on any atom is 0.267 e. The highest BCUT2D eigenvalue weighted by Gasteiger charge is 1.96. The Morgan fingerprint density at radius 2 is 1.56 bits per heavy atom. The van der Waals surface area contributed by atoms with Crippen LogP contribution < -0.4 is 11.5 Å². The number of carbonyl (C=O) groups excluding carboxylic acids is 2. The third-order valence-electron chi connectivity index (χ3n) is 1.88. The predicted molar refractivity (Wildman–Crippen MR) is 65.5 cm³/mol. The Balaban J connectivity index is 0.000000180. The highest BCUT2D eigenvalue weighted by molar-refractivity contribution is 5.92. The molecule has 0 fully saturated rings.